The molecule has 140 valence electrons. The Morgan fingerprint density at radius 2 is 1.73 bits per heavy atom. The van der Waals surface area contributed by atoms with Crippen LogP contribution in [0.3, 0.4) is 0 Å². The third-order valence-corrected chi connectivity index (χ3v) is 5.31. The number of hydrogen-bond donors (Lipinski definition) is 0. The van der Waals surface area contributed by atoms with Gasteiger partial charge >= 0.3 is 0 Å². The fourth-order valence-corrected chi connectivity index (χ4v) is 3.70. The number of ketones is 1. The van der Waals surface area contributed by atoms with Crippen LogP contribution in [0.2, 0.25) is 0 Å². The molecule has 2 aromatic rings. The topological polar surface area (TPSA) is 20.3 Å². The number of benzene rings is 2. The van der Waals surface area contributed by atoms with Crippen molar-refractivity contribution in [2.75, 3.05) is 13.1 Å². The van der Waals surface area contributed by atoms with E-state index in [4.69, 9.17) is 0 Å². The molecule has 1 heterocycles. The van der Waals surface area contributed by atoms with E-state index in [0.29, 0.717) is 11.7 Å². The lowest BCUT2D eigenvalue weighted by molar-refractivity contribution is 0.0749. The van der Waals surface area contributed by atoms with Crippen molar-refractivity contribution in [3.8, 4) is 0 Å². The Labute approximate surface area is 164 Å². The van der Waals surface area contributed by atoms with E-state index in [9.17, 15) is 4.79 Å². The largest absolute Gasteiger partial charge is 0.293 e. The summed E-state index contributed by atoms with van der Waals surface area (Å²) in [5.74, 6) is 0.796. The van der Waals surface area contributed by atoms with Gasteiger partial charge in [-0.15, -0.1) is 12.4 Å². The molecule has 0 bridgehead atoms. The van der Waals surface area contributed by atoms with Gasteiger partial charge in [0.05, 0.1) is 6.04 Å². The Hall–Kier alpha value is -1.64. The predicted molar refractivity (Wildman–Crippen MR) is 111 cm³/mol. The third-order valence-electron chi connectivity index (χ3n) is 5.31. The van der Waals surface area contributed by atoms with Crippen molar-refractivity contribution >= 4 is 18.2 Å². The van der Waals surface area contributed by atoms with Gasteiger partial charge in [0.1, 0.15) is 0 Å². The summed E-state index contributed by atoms with van der Waals surface area (Å²) < 4.78 is 0. The Balaban J connectivity index is 0.00000243. The second kappa shape index (κ2) is 9.89. The molecule has 1 unspecified atom stereocenters. The highest BCUT2D eigenvalue weighted by Gasteiger charge is 2.29. The average molecular weight is 372 g/mol. The maximum Gasteiger partial charge on any atom is 0.179 e. The van der Waals surface area contributed by atoms with Gasteiger partial charge in [-0.05, 0) is 42.9 Å². The smallest absolute Gasteiger partial charge is 0.179 e. The predicted octanol–water partition coefficient (Wildman–Crippen LogP) is 5.51. The lowest BCUT2D eigenvalue weighted by Crippen LogP contribution is -2.45. The van der Waals surface area contributed by atoms with E-state index in [1.54, 1.807) is 0 Å². The van der Waals surface area contributed by atoms with Crippen molar-refractivity contribution in [3.63, 3.8) is 0 Å². The van der Waals surface area contributed by atoms with Crippen LogP contribution in [0.15, 0.2) is 54.6 Å². The van der Waals surface area contributed by atoms with Gasteiger partial charge < -0.3 is 0 Å². The highest BCUT2D eigenvalue weighted by atomic mass is 35.5. The zero-order valence-corrected chi connectivity index (χ0v) is 16.7. The fourth-order valence-electron chi connectivity index (χ4n) is 3.70. The molecule has 1 saturated heterocycles. The van der Waals surface area contributed by atoms with Gasteiger partial charge in [0, 0.05) is 12.1 Å². The highest BCUT2D eigenvalue weighted by Crippen LogP contribution is 2.22. The minimum absolute atomic E-state index is 0. The Morgan fingerprint density at radius 3 is 2.38 bits per heavy atom. The second-order valence-corrected chi connectivity index (χ2v) is 7.42. The number of Topliss-reactive ketones (excluding diaryl/α,β-unsaturated/α-hetero) is 1. The van der Waals surface area contributed by atoms with Crippen LogP contribution in [0.1, 0.15) is 60.5 Å². The summed E-state index contributed by atoms with van der Waals surface area (Å²) in [6.45, 7) is 6.37. The maximum atomic E-state index is 13.1. The van der Waals surface area contributed by atoms with Crippen molar-refractivity contribution in [2.24, 2.45) is 0 Å². The van der Waals surface area contributed by atoms with Crippen LogP contribution in [0.5, 0.6) is 0 Å². The number of likely N-dealkylation sites (tertiary alicyclic amines) is 1. The van der Waals surface area contributed by atoms with Gasteiger partial charge in [-0.3, -0.25) is 9.69 Å². The summed E-state index contributed by atoms with van der Waals surface area (Å²) in [6, 6.07) is 18.9. The van der Waals surface area contributed by atoms with Crippen LogP contribution >= 0.6 is 12.4 Å². The van der Waals surface area contributed by atoms with E-state index >= 15 is 0 Å². The first-order valence-corrected chi connectivity index (χ1v) is 9.57. The van der Waals surface area contributed by atoms with Crippen LogP contribution in [0.4, 0.5) is 0 Å². The Kier molecular flexibility index (Phi) is 7.86. The summed E-state index contributed by atoms with van der Waals surface area (Å²) in [5, 5.41) is 0. The maximum absolute atomic E-state index is 13.1. The first-order valence-electron chi connectivity index (χ1n) is 9.57. The van der Waals surface area contributed by atoms with Crippen LogP contribution in [0.25, 0.3) is 0 Å². The SMILES string of the molecule is CC(C)c1ccc(C(=O)C2CCCCN2CCc2ccccc2)cc1.Cl. The van der Waals surface area contributed by atoms with Crippen LogP contribution < -0.4 is 0 Å². The van der Waals surface area contributed by atoms with Crippen LogP contribution in [0, 0.1) is 0 Å². The van der Waals surface area contributed by atoms with Gasteiger partial charge in [0.15, 0.2) is 5.78 Å². The second-order valence-electron chi connectivity index (χ2n) is 7.42. The zero-order chi connectivity index (χ0) is 17.6. The molecule has 1 fully saturated rings. The van der Waals surface area contributed by atoms with E-state index in [1.807, 2.05) is 12.1 Å². The summed E-state index contributed by atoms with van der Waals surface area (Å²) in [4.78, 5) is 15.5. The quantitative estimate of drug-likeness (QED) is 0.624. The van der Waals surface area contributed by atoms with E-state index in [1.165, 1.54) is 17.5 Å². The molecule has 0 amide bonds. The summed E-state index contributed by atoms with van der Waals surface area (Å²) in [6.07, 6.45) is 4.35. The summed E-state index contributed by atoms with van der Waals surface area (Å²) >= 11 is 0. The van der Waals surface area contributed by atoms with Crippen molar-refractivity contribution in [1.82, 2.24) is 4.90 Å². The van der Waals surface area contributed by atoms with Crippen LogP contribution in [-0.4, -0.2) is 29.8 Å². The number of halogens is 1. The fraction of sp³-hybridized carbons (Fsp3) is 0.435. The minimum Gasteiger partial charge on any atom is -0.293 e. The van der Waals surface area contributed by atoms with Gasteiger partial charge in [0.2, 0.25) is 0 Å². The monoisotopic (exact) mass is 371 g/mol. The molecule has 0 N–H and O–H groups in total. The molecule has 0 saturated carbocycles. The Morgan fingerprint density at radius 1 is 1.04 bits per heavy atom. The van der Waals surface area contributed by atoms with Crippen molar-refractivity contribution in [3.05, 3.63) is 71.3 Å². The van der Waals surface area contributed by atoms with E-state index in [2.05, 4.69) is 61.2 Å². The molecule has 1 atom stereocenters. The number of carbonyl (C=O) groups excluding carboxylic acids is 1. The molecule has 0 radical (unpaired) electrons. The van der Waals surface area contributed by atoms with E-state index in [-0.39, 0.29) is 18.4 Å². The standard InChI is InChI=1S/C23H29NO.ClH/c1-18(2)20-11-13-21(14-12-20)23(25)22-10-6-7-16-24(22)17-15-19-8-4-3-5-9-19;/h3-5,8-9,11-14,18,22H,6-7,10,15-17H2,1-2H3;1H. The van der Waals surface area contributed by atoms with Crippen molar-refractivity contribution in [1.29, 1.82) is 0 Å². The average Bonchev–Trinajstić information content (AvgIpc) is 2.67. The molecule has 0 spiro atoms. The van der Waals surface area contributed by atoms with Gasteiger partial charge in [0.25, 0.3) is 0 Å². The van der Waals surface area contributed by atoms with Crippen LogP contribution in [-0.2, 0) is 6.42 Å². The lowest BCUT2D eigenvalue weighted by Gasteiger charge is -2.34. The van der Waals surface area contributed by atoms with Crippen molar-refractivity contribution in [2.45, 2.75) is 51.5 Å². The van der Waals surface area contributed by atoms with E-state index in [0.717, 1.165) is 37.9 Å². The van der Waals surface area contributed by atoms with Gasteiger partial charge in [-0.1, -0.05) is 74.9 Å². The zero-order valence-electron chi connectivity index (χ0n) is 15.9. The van der Waals surface area contributed by atoms with Crippen molar-refractivity contribution < 1.29 is 4.79 Å². The molecule has 1 aliphatic rings. The highest BCUT2D eigenvalue weighted by molar-refractivity contribution is 6.00. The first kappa shape index (κ1) is 20.7. The number of rotatable bonds is 6. The molecule has 0 aliphatic carbocycles. The number of carbonyl (C=O) groups is 1. The number of hydrogen-bond acceptors (Lipinski definition) is 2. The number of piperidine rings is 1. The molecule has 2 nitrogen and oxygen atoms in total. The number of nitrogens with zero attached hydrogens (tertiary/aromatic N) is 1. The molecule has 1 aliphatic heterocycles. The third kappa shape index (κ3) is 5.18. The lowest BCUT2D eigenvalue weighted by atomic mass is 9.92. The first-order chi connectivity index (χ1) is 12.1. The van der Waals surface area contributed by atoms with Gasteiger partial charge in [-0.2, -0.15) is 0 Å². The molecule has 2 aromatic carbocycles. The normalized spacial score (nSPS) is 17.7. The molecule has 3 heteroatoms. The Bertz CT molecular complexity index is 681. The van der Waals surface area contributed by atoms with E-state index < -0.39 is 0 Å². The molecular formula is C23H30ClNO. The summed E-state index contributed by atoms with van der Waals surface area (Å²) in [5.41, 5.74) is 3.50. The minimum atomic E-state index is 0. The molecule has 0 aromatic heterocycles. The molecule has 26 heavy (non-hydrogen) atoms. The van der Waals surface area contributed by atoms with Gasteiger partial charge in [-0.25, -0.2) is 0 Å². The summed E-state index contributed by atoms with van der Waals surface area (Å²) in [7, 11) is 0. The molecule has 3 rings (SSSR count). The molecular weight excluding hydrogens is 342 g/mol.